The lowest BCUT2D eigenvalue weighted by Crippen LogP contribution is -2.27. The molecule has 1 saturated carbocycles. The Morgan fingerprint density at radius 3 is 2.77 bits per heavy atom. The average Bonchev–Trinajstić information content (AvgIpc) is 3.25. The van der Waals surface area contributed by atoms with Gasteiger partial charge in [0.25, 0.3) is 0 Å². The lowest BCUT2D eigenvalue weighted by molar-refractivity contribution is 0.299. The molecule has 4 aromatic rings. The van der Waals surface area contributed by atoms with E-state index in [0.29, 0.717) is 5.41 Å². The highest BCUT2D eigenvalue weighted by Crippen LogP contribution is 2.59. The van der Waals surface area contributed by atoms with Crippen molar-refractivity contribution < 1.29 is 4.74 Å². The minimum atomic E-state index is 0.379. The van der Waals surface area contributed by atoms with E-state index in [9.17, 15) is 0 Å². The van der Waals surface area contributed by atoms with Gasteiger partial charge in [0.1, 0.15) is 5.75 Å². The number of hydrogen-bond acceptors (Lipinski definition) is 6. The van der Waals surface area contributed by atoms with Crippen LogP contribution in [0.25, 0.3) is 22.3 Å². The summed E-state index contributed by atoms with van der Waals surface area (Å²) >= 11 is 1.80. The normalized spacial score (nSPS) is 21.4. The van der Waals surface area contributed by atoms with Gasteiger partial charge in [0, 0.05) is 47.9 Å². The van der Waals surface area contributed by atoms with Gasteiger partial charge in [-0.3, -0.25) is 4.98 Å². The summed E-state index contributed by atoms with van der Waals surface area (Å²) in [6, 6.07) is 19.1. The number of rotatable bonds is 8. The van der Waals surface area contributed by atoms with Crippen LogP contribution < -0.4 is 4.74 Å². The van der Waals surface area contributed by atoms with E-state index in [-0.39, 0.29) is 0 Å². The summed E-state index contributed by atoms with van der Waals surface area (Å²) in [5.74, 6) is 3.68. The number of benzene rings is 2. The SMILES string of the molecule is COc1ccc(C23C[C@@H]2CN(CCCSc2nnc(-c4cccc5nc(C)ccc45)n2C)C3)cc1. The van der Waals surface area contributed by atoms with Crippen LogP contribution in [0.4, 0.5) is 0 Å². The highest BCUT2D eigenvalue weighted by molar-refractivity contribution is 7.99. The molecule has 2 atom stereocenters. The Balaban J connectivity index is 1.05. The molecule has 6 nitrogen and oxygen atoms in total. The molecule has 2 aliphatic rings. The number of pyridine rings is 1. The van der Waals surface area contributed by atoms with Gasteiger partial charge in [0.2, 0.25) is 0 Å². The van der Waals surface area contributed by atoms with Crippen molar-refractivity contribution in [2.75, 3.05) is 32.5 Å². The van der Waals surface area contributed by atoms with Crippen LogP contribution in [-0.2, 0) is 12.5 Å². The van der Waals surface area contributed by atoms with Crippen LogP contribution in [0, 0.1) is 12.8 Å². The Morgan fingerprint density at radius 2 is 1.94 bits per heavy atom. The molecule has 2 fully saturated rings. The molecule has 3 heterocycles. The zero-order valence-electron chi connectivity index (χ0n) is 20.6. The number of likely N-dealkylation sites (tertiary alicyclic amines) is 1. The fourth-order valence-corrected chi connectivity index (χ4v) is 6.54. The van der Waals surface area contributed by atoms with Crippen molar-refractivity contribution in [3.63, 3.8) is 0 Å². The van der Waals surface area contributed by atoms with Gasteiger partial charge in [0.05, 0.1) is 12.6 Å². The summed E-state index contributed by atoms with van der Waals surface area (Å²) in [6.07, 6.45) is 2.48. The van der Waals surface area contributed by atoms with Crippen molar-refractivity contribution in [3.05, 3.63) is 65.9 Å². The standard InChI is InChI=1S/C28H31N5OS/c1-19-8-13-23-24(6-4-7-25(23)29-19)26-30-31-27(32(26)2)35-15-5-14-33-17-21-16-28(21,18-33)20-9-11-22(34-3)12-10-20/h4,6-13,21H,5,14-18H2,1-3H3/t21-,28?/m1/s1. The highest BCUT2D eigenvalue weighted by atomic mass is 32.2. The van der Waals surface area contributed by atoms with E-state index >= 15 is 0 Å². The molecule has 0 N–H and O–H groups in total. The third-order valence-corrected chi connectivity index (χ3v) is 8.78. The number of aryl methyl sites for hydroxylation is 1. The van der Waals surface area contributed by atoms with Gasteiger partial charge in [-0.25, -0.2) is 0 Å². The molecule has 0 bridgehead atoms. The Morgan fingerprint density at radius 1 is 1.09 bits per heavy atom. The molecule has 35 heavy (non-hydrogen) atoms. The van der Waals surface area contributed by atoms with Crippen LogP contribution in [0.2, 0.25) is 0 Å². The molecule has 2 aromatic heterocycles. The van der Waals surface area contributed by atoms with Crippen molar-refractivity contribution in [1.82, 2.24) is 24.6 Å². The zero-order valence-corrected chi connectivity index (χ0v) is 21.4. The molecule has 6 rings (SSSR count). The van der Waals surface area contributed by atoms with E-state index in [1.54, 1.807) is 18.9 Å². The van der Waals surface area contributed by atoms with Crippen molar-refractivity contribution >= 4 is 22.7 Å². The maximum Gasteiger partial charge on any atom is 0.191 e. The lowest BCUT2D eigenvalue weighted by Gasteiger charge is -2.21. The average molecular weight is 486 g/mol. The van der Waals surface area contributed by atoms with E-state index in [4.69, 9.17) is 4.74 Å². The van der Waals surface area contributed by atoms with Gasteiger partial charge in [-0.05, 0) is 62.1 Å². The van der Waals surface area contributed by atoms with E-state index < -0.39 is 0 Å². The number of ether oxygens (including phenoxy) is 1. The first-order chi connectivity index (χ1) is 17.1. The maximum atomic E-state index is 5.33. The predicted octanol–water partition coefficient (Wildman–Crippen LogP) is 5.10. The number of nitrogens with zero attached hydrogens (tertiary/aromatic N) is 5. The van der Waals surface area contributed by atoms with E-state index in [0.717, 1.165) is 63.5 Å². The van der Waals surface area contributed by atoms with Crippen molar-refractivity contribution in [2.24, 2.45) is 13.0 Å². The predicted molar refractivity (Wildman–Crippen MR) is 141 cm³/mol. The second-order valence-electron chi connectivity index (χ2n) is 9.91. The third kappa shape index (κ3) is 4.10. The maximum absolute atomic E-state index is 5.33. The molecule has 180 valence electrons. The Bertz CT molecular complexity index is 1370. The first-order valence-electron chi connectivity index (χ1n) is 12.3. The summed E-state index contributed by atoms with van der Waals surface area (Å²) in [5, 5.41) is 11.1. The number of thioether (sulfide) groups is 1. The summed E-state index contributed by atoms with van der Waals surface area (Å²) in [5.41, 5.74) is 4.96. The van der Waals surface area contributed by atoms with E-state index in [1.165, 1.54) is 25.1 Å². The van der Waals surface area contributed by atoms with Crippen LogP contribution in [0.15, 0.2) is 59.8 Å². The summed E-state index contributed by atoms with van der Waals surface area (Å²) in [7, 11) is 3.79. The van der Waals surface area contributed by atoms with Gasteiger partial charge < -0.3 is 14.2 Å². The van der Waals surface area contributed by atoms with Crippen LogP contribution in [0.3, 0.4) is 0 Å². The monoisotopic (exact) mass is 485 g/mol. The Kier molecular flexibility index (Phi) is 5.77. The topological polar surface area (TPSA) is 56.1 Å². The first-order valence-corrected chi connectivity index (χ1v) is 13.3. The molecule has 0 radical (unpaired) electrons. The number of hydrogen-bond donors (Lipinski definition) is 0. The number of aromatic nitrogens is 4. The Hall–Kier alpha value is -2.90. The third-order valence-electron chi connectivity index (χ3n) is 7.68. The number of methoxy groups -OCH3 is 1. The zero-order chi connectivity index (χ0) is 24.0. The van der Waals surface area contributed by atoms with Crippen LogP contribution in [0.5, 0.6) is 5.75 Å². The van der Waals surface area contributed by atoms with Gasteiger partial charge in [0.15, 0.2) is 11.0 Å². The van der Waals surface area contributed by atoms with Crippen molar-refractivity contribution in [1.29, 1.82) is 0 Å². The van der Waals surface area contributed by atoms with Crippen LogP contribution in [-0.4, -0.2) is 57.1 Å². The van der Waals surface area contributed by atoms with Crippen LogP contribution in [0.1, 0.15) is 24.1 Å². The quantitative estimate of drug-likeness (QED) is 0.256. The number of fused-ring (bicyclic) bond motifs is 2. The fraction of sp³-hybridized carbons (Fsp3) is 0.393. The molecule has 1 aliphatic heterocycles. The molecule has 7 heteroatoms. The smallest absolute Gasteiger partial charge is 0.191 e. The molecule has 1 saturated heterocycles. The van der Waals surface area contributed by atoms with Crippen molar-refractivity contribution in [2.45, 2.75) is 30.3 Å². The van der Waals surface area contributed by atoms with E-state index in [2.05, 4.69) is 80.2 Å². The minimum Gasteiger partial charge on any atom is -0.497 e. The van der Waals surface area contributed by atoms with Gasteiger partial charge in [-0.2, -0.15) is 0 Å². The molecule has 1 aliphatic carbocycles. The highest BCUT2D eigenvalue weighted by Gasteiger charge is 2.60. The fourth-order valence-electron chi connectivity index (χ4n) is 5.71. The number of piperidine rings is 1. The molecular formula is C28H31N5OS. The summed E-state index contributed by atoms with van der Waals surface area (Å²) in [6.45, 7) is 5.56. The largest absolute Gasteiger partial charge is 0.497 e. The molecular weight excluding hydrogens is 454 g/mol. The summed E-state index contributed by atoms with van der Waals surface area (Å²) < 4.78 is 7.45. The molecule has 0 spiro atoms. The first kappa shape index (κ1) is 22.6. The summed E-state index contributed by atoms with van der Waals surface area (Å²) in [4.78, 5) is 7.31. The second kappa shape index (κ2) is 8.95. The second-order valence-corrected chi connectivity index (χ2v) is 11.0. The molecule has 1 unspecified atom stereocenters. The lowest BCUT2D eigenvalue weighted by atomic mass is 9.95. The molecule has 2 aromatic carbocycles. The Labute approximate surface area is 210 Å². The minimum absolute atomic E-state index is 0.379. The van der Waals surface area contributed by atoms with Crippen LogP contribution >= 0.6 is 11.8 Å². The van der Waals surface area contributed by atoms with Gasteiger partial charge in [-0.15, -0.1) is 10.2 Å². The van der Waals surface area contributed by atoms with Gasteiger partial charge in [-0.1, -0.05) is 42.1 Å². The molecule has 0 amide bonds. The van der Waals surface area contributed by atoms with Gasteiger partial charge >= 0.3 is 0 Å². The van der Waals surface area contributed by atoms with E-state index in [1.807, 2.05) is 13.0 Å². The van der Waals surface area contributed by atoms with Crippen molar-refractivity contribution in [3.8, 4) is 17.1 Å².